The van der Waals surface area contributed by atoms with E-state index in [1.165, 1.54) is 37.3 Å². The van der Waals surface area contributed by atoms with Gasteiger partial charge in [0.25, 0.3) is 10.0 Å². The number of hydrogen-bond acceptors (Lipinski definition) is 6. The van der Waals surface area contributed by atoms with E-state index in [2.05, 4.69) is 5.32 Å². The summed E-state index contributed by atoms with van der Waals surface area (Å²) in [6, 6.07) is 20.0. The molecule has 2 amide bonds. The van der Waals surface area contributed by atoms with Crippen LogP contribution in [-0.4, -0.2) is 58.0 Å². The number of anilines is 1. The van der Waals surface area contributed by atoms with Gasteiger partial charge in [0.15, 0.2) is 11.5 Å². The predicted octanol–water partition coefficient (Wildman–Crippen LogP) is 5.07. The van der Waals surface area contributed by atoms with Gasteiger partial charge in [-0.1, -0.05) is 67.8 Å². The molecule has 1 fully saturated rings. The summed E-state index contributed by atoms with van der Waals surface area (Å²) in [6.07, 6.45) is 4.34. The molecular formula is C33H41N3O6S. The molecule has 3 aromatic rings. The van der Waals surface area contributed by atoms with Crippen LogP contribution in [0, 0.1) is 6.92 Å². The summed E-state index contributed by atoms with van der Waals surface area (Å²) in [6.45, 7) is 3.43. The first-order chi connectivity index (χ1) is 20.7. The third kappa shape index (κ3) is 7.67. The van der Waals surface area contributed by atoms with E-state index in [0.717, 1.165) is 41.1 Å². The highest BCUT2D eigenvalue weighted by molar-refractivity contribution is 7.92. The number of nitrogens with one attached hydrogen (secondary N) is 1. The minimum atomic E-state index is -4.25. The van der Waals surface area contributed by atoms with Gasteiger partial charge in [0.1, 0.15) is 12.6 Å². The molecule has 0 saturated heterocycles. The highest BCUT2D eigenvalue weighted by Crippen LogP contribution is 2.32. The smallest absolute Gasteiger partial charge is 0.264 e. The summed E-state index contributed by atoms with van der Waals surface area (Å²) in [5.41, 5.74) is 2.11. The van der Waals surface area contributed by atoms with E-state index in [-0.39, 0.29) is 29.1 Å². The zero-order valence-electron chi connectivity index (χ0n) is 25.3. The largest absolute Gasteiger partial charge is 0.493 e. The maximum atomic E-state index is 14.2. The molecule has 0 unspecified atom stereocenters. The molecule has 0 aromatic heterocycles. The normalized spacial score (nSPS) is 14.1. The van der Waals surface area contributed by atoms with Crippen molar-refractivity contribution in [2.24, 2.45) is 0 Å². The van der Waals surface area contributed by atoms with Gasteiger partial charge in [0, 0.05) is 18.7 Å². The Bertz CT molecular complexity index is 1490. The van der Waals surface area contributed by atoms with Crippen LogP contribution in [0.2, 0.25) is 0 Å². The minimum Gasteiger partial charge on any atom is -0.493 e. The van der Waals surface area contributed by atoms with Gasteiger partial charge in [0.2, 0.25) is 11.8 Å². The van der Waals surface area contributed by atoms with Crippen LogP contribution in [0.4, 0.5) is 5.69 Å². The Kier molecular flexibility index (Phi) is 10.7. The molecule has 1 aliphatic rings. The summed E-state index contributed by atoms with van der Waals surface area (Å²) in [5, 5.41) is 3.13. The fraction of sp³-hybridized carbons (Fsp3) is 0.394. The SMILES string of the molecule is CC[C@@H](C(=O)NC1CCCC1)N(Cc1ccccc1)C(=O)CN(c1ccc(C)cc1)S(=O)(=O)c1ccc(OC)c(OC)c1. The number of amides is 2. The lowest BCUT2D eigenvalue weighted by atomic mass is 10.1. The lowest BCUT2D eigenvalue weighted by molar-refractivity contribution is -0.140. The Morgan fingerprint density at radius 3 is 2.19 bits per heavy atom. The molecule has 4 rings (SSSR count). The number of aryl methyl sites for hydroxylation is 1. The third-order valence-electron chi connectivity index (χ3n) is 7.83. The van der Waals surface area contributed by atoms with Crippen LogP contribution in [0.25, 0.3) is 0 Å². The molecule has 1 atom stereocenters. The van der Waals surface area contributed by atoms with E-state index in [0.29, 0.717) is 17.9 Å². The van der Waals surface area contributed by atoms with E-state index in [1.807, 2.05) is 44.2 Å². The molecule has 1 saturated carbocycles. The van der Waals surface area contributed by atoms with Crippen molar-refractivity contribution < 1.29 is 27.5 Å². The fourth-order valence-corrected chi connectivity index (χ4v) is 6.84. The number of hydrogen-bond donors (Lipinski definition) is 1. The average Bonchev–Trinajstić information content (AvgIpc) is 3.53. The minimum absolute atomic E-state index is 0.0563. The zero-order chi connectivity index (χ0) is 31.0. The van der Waals surface area contributed by atoms with Crippen LogP contribution in [0.15, 0.2) is 77.7 Å². The van der Waals surface area contributed by atoms with Crippen molar-refractivity contribution in [2.45, 2.75) is 69.5 Å². The van der Waals surface area contributed by atoms with Crippen molar-refractivity contribution in [3.63, 3.8) is 0 Å². The zero-order valence-corrected chi connectivity index (χ0v) is 26.1. The van der Waals surface area contributed by atoms with E-state index in [1.54, 1.807) is 24.3 Å². The van der Waals surface area contributed by atoms with Gasteiger partial charge < -0.3 is 19.7 Å². The molecule has 0 aliphatic heterocycles. The Labute approximate surface area is 254 Å². The summed E-state index contributed by atoms with van der Waals surface area (Å²) in [4.78, 5) is 29.2. The van der Waals surface area contributed by atoms with E-state index >= 15 is 0 Å². The summed E-state index contributed by atoms with van der Waals surface area (Å²) < 4.78 is 40.1. The van der Waals surface area contributed by atoms with Gasteiger partial charge in [-0.05, 0) is 56.0 Å². The molecule has 1 aliphatic carbocycles. The first kappa shape index (κ1) is 31.9. The summed E-state index contributed by atoms with van der Waals surface area (Å²) in [5.74, 6) is -0.0724. The van der Waals surface area contributed by atoms with Gasteiger partial charge in [-0.2, -0.15) is 0 Å². The number of benzene rings is 3. The second kappa shape index (κ2) is 14.4. The highest BCUT2D eigenvalue weighted by Gasteiger charge is 2.35. The molecule has 0 radical (unpaired) electrons. The van der Waals surface area contributed by atoms with E-state index in [9.17, 15) is 18.0 Å². The topological polar surface area (TPSA) is 105 Å². The van der Waals surface area contributed by atoms with E-state index in [4.69, 9.17) is 9.47 Å². The maximum absolute atomic E-state index is 14.2. The number of rotatable bonds is 13. The van der Waals surface area contributed by atoms with Crippen molar-refractivity contribution in [3.05, 3.63) is 83.9 Å². The van der Waals surface area contributed by atoms with Gasteiger partial charge in [-0.25, -0.2) is 8.42 Å². The maximum Gasteiger partial charge on any atom is 0.264 e. The number of ether oxygens (including phenoxy) is 2. The van der Waals surface area contributed by atoms with Gasteiger partial charge >= 0.3 is 0 Å². The van der Waals surface area contributed by atoms with E-state index < -0.39 is 28.5 Å². The van der Waals surface area contributed by atoms with Crippen LogP contribution in [0.1, 0.15) is 50.2 Å². The predicted molar refractivity (Wildman–Crippen MR) is 167 cm³/mol. The van der Waals surface area contributed by atoms with Gasteiger partial charge in [-0.15, -0.1) is 0 Å². The van der Waals surface area contributed by atoms with Crippen molar-refractivity contribution in [3.8, 4) is 11.5 Å². The first-order valence-corrected chi connectivity index (χ1v) is 16.1. The average molecular weight is 608 g/mol. The van der Waals surface area contributed by atoms with Crippen LogP contribution in [-0.2, 0) is 26.2 Å². The Morgan fingerprint density at radius 2 is 1.58 bits per heavy atom. The second-order valence-corrected chi connectivity index (χ2v) is 12.6. The third-order valence-corrected chi connectivity index (χ3v) is 9.60. The Morgan fingerprint density at radius 1 is 0.930 bits per heavy atom. The fourth-order valence-electron chi connectivity index (χ4n) is 5.41. The van der Waals surface area contributed by atoms with Crippen molar-refractivity contribution in [1.82, 2.24) is 10.2 Å². The molecule has 0 heterocycles. The summed E-state index contributed by atoms with van der Waals surface area (Å²) in [7, 11) is -1.35. The van der Waals surface area contributed by atoms with Crippen LogP contribution in [0.5, 0.6) is 11.5 Å². The van der Waals surface area contributed by atoms with Crippen molar-refractivity contribution in [2.75, 3.05) is 25.1 Å². The molecule has 3 aromatic carbocycles. The molecule has 0 bridgehead atoms. The number of sulfonamides is 1. The molecule has 0 spiro atoms. The molecule has 43 heavy (non-hydrogen) atoms. The Balaban J connectivity index is 1.72. The summed E-state index contributed by atoms with van der Waals surface area (Å²) >= 11 is 0. The molecular weight excluding hydrogens is 566 g/mol. The number of methoxy groups -OCH3 is 2. The lowest BCUT2D eigenvalue weighted by Gasteiger charge is -2.33. The molecule has 9 nitrogen and oxygen atoms in total. The van der Waals surface area contributed by atoms with Gasteiger partial charge in [0.05, 0.1) is 24.8 Å². The quantitative estimate of drug-likeness (QED) is 0.291. The highest BCUT2D eigenvalue weighted by atomic mass is 32.2. The van der Waals surface area contributed by atoms with Gasteiger partial charge in [-0.3, -0.25) is 13.9 Å². The van der Waals surface area contributed by atoms with Crippen LogP contribution >= 0.6 is 0 Å². The number of nitrogens with zero attached hydrogens (tertiary/aromatic N) is 2. The molecule has 230 valence electrons. The first-order valence-electron chi connectivity index (χ1n) is 14.6. The molecule has 10 heteroatoms. The number of carbonyl (C=O) groups is 2. The van der Waals surface area contributed by atoms with Crippen molar-refractivity contribution in [1.29, 1.82) is 0 Å². The van der Waals surface area contributed by atoms with Crippen LogP contribution in [0.3, 0.4) is 0 Å². The number of carbonyl (C=O) groups excluding carboxylic acids is 2. The molecule has 1 N–H and O–H groups in total. The second-order valence-electron chi connectivity index (χ2n) is 10.8. The lowest BCUT2D eigenvalue weighted by Crippen LogP contribution is -2.53. The monoisotopic (exact) mass is 607 g/mol. The standard InChI is InChI=1S/C33H41N3O6S/c1-5-29(33(38)34-26-13-9-10-14-26)35(22-25-11-7-6-8-12-25)32(37)23-36(27-17-15-24(2)16-18-27)43(39,40)28-19-20-30(41-3)31(21-28)42-4/h6-8,11-12,15-21,26,29H,5,9-10,13-14,22-23H2,1-4H3,(H,34,38)/t29-/m0/s1. The van der Waals surface area contributed by atoms with Crippen LogP contribution < -0.4 is 19.1 Å². The Hall–Kier alpha value is -4.05. The van der Waals surface area contributed by atoms with Crippen molar-refractivity contribution >= 4 is 27.5 Å².